The average Bonchev–Trinajstić information content (AvgIpc) is 2.47. The molecule has 4 nitrogen and oxygen atoms in total. The van der Waals surface area contributed by atoms with Gasteiger partial charge in [0.1, 0.15) is 0 Å². The molecule has 1 aromatic heterocycles. The number of aromatic nitrogens is 1. The van der Waals surface area contributed by atoms with Crippen LogP contribution in [0, 0.1) is 0 Å². The monoisotopic (exact) mass is 256 g/mol. The van der Waals surface area contributed by atoms with Gasteiger partial charge >= 0.3 is 0 Å². The third-order valence-electron chi connectivity index (χ3n) is 3.35. The molecule has 1 fully saturated rings. The van der Waals surface area contributed by atoms with Crippen LogP contribution in [0.5, 0.6) is 0 Å². The van der Waals surface area contributed by atoms with Crippen molar-refractivity contribution in [3.63, 3.8) is 0 Å². The number of carbonyl (C=O) groups is 1. The van der Waals surface area contributed by atoms with Crippen LogP contribution in [0.1, 0.15) is 16.8 Å². The van der Waals surface area contributed by atoms with Gasteiger partial charge in [-0.2, -0.15) is 0 Å². The second kappa shape index (κ2) is 5.47. The van der Waals surface area contributed by atoms with E-state index < -0.39 is 0 Å². The molecule has 0 aliphatic carbocycles. The van der Waals surface area contributed by atoms with E-state index in [1.807, 2.05) is 30.3 Å². The number of nitrogens with one attached hydrogen (secondary N) is 1. The third-order valence-corrected chi connectivity index (χ3v) is 3.35. The Hall–Kier alpha value is -1.78. The summed E-state index contributed by atoms with van der Waals surface area (Å²) in [5.74, 6) is 0.0954. The molecule has 4 heteroatoms. The molecular weight excluding hydrogens is 240 g/mol. The number of para-hydroxylation sites is 1. The van der Waals surface area contributed by atoms with E-state index in [1.165, 1.54) is 0 Å². The lowest BCUT2D eigenvalue weighted by Crippen LogP contribution is -2.39. The van der Waals surface area contributed by atoms with Crippen LogP contribution in [0.25, 0.3) is 10.9 Å². The second-order valence-corrected chi connectivity index (χ2v) is 4.70. The molecule has 1 aliphatic heterocycles. The fourth-order valence-electron chi connectivity index (χ4n) is 2.40. The number of benzene rings is 1. The molecule has 0 amide bonds. The summed E-state index contributed by atoms with van der Waals surface area (Å²) in [6.45, 7) is 2.27. The summed E-state index contributed by atoms with van der Waals surface area (Å²) >= 11 is 0. The SMILES string of the molecule is O=C(CC1CNCCO1)c1cccc2cccnc12. The highest BCUT2D eigenvalue weighted by molar-refractivity contribution is 6.06. The summed E-state index contributed by atoms with van der Waals surface area (Å²) in [6.07, 6.45) is 2.10. The highest BCUT2D eigenvalue weighted by Crippen LogP contribution is 2.18. The fourth-order valence-corrected chi connectivity index (χ4v) is 2.40. The van der Waals surface area contributed by atoms with Gasteiger partial charge in [0.2, 0.25) is 0 Å². The van der Waals surface area contributed by atoms with Crippen molar-refractivity contribution < 1.29 is 9.53 Å². The zero-order valence-corrected chi connectivity index (χ0v) is 10.6. The Balaban J connectivity index is 1.85. The van der Waals surface area contributed by atoms with Crippen molar-refractivity contribution in [1.29, 1.82) is 0 Å². The van der Waals surface area contributed by atoms with Crippen LogP contribution in [0.15, 0.2) is 36.5 Å². The van der Waals surface area contributed by atoms with E-state index in [9.17, 15) is 4.79 Å². The molecule has 0 bridgehead atoms. The molecule has 1 unspecified atom stereocenters. The van der Waals surface area contributed by atoms with Crippen LogP contribution in [-0.4, -0.2) is 36.6 Å². The number of hydrogen-bond acceptors (Lipinski definition) is 4. The summed E-state index contributed by atoms with van der Waals surface area (Å²) in [6, 6.07) is 9.56. The predicted molar refractivity (Wildman–Crippen MR) is 73.3 cm³/mol. The van der Waals surface area contributed by atoms with Gasteiger partial charge in [-0.15, -0.1) is 0 Å². The van der Waals surface area contributed by atoms with Gasteiger partial charge in [-0.05, 0) is 12.1 Å². The number of ketones is 1. The van der Waals surface area contributed by atoms with Crippen molar-refractivity contribution in [2.45, 2.75) is 12.5 Å². The van der Waals surface area contributed by atoms with Crippen LogP contribution >= 0.6 is 0 Å². The van der Waals surface area contributed by atoms with E-state index in [4.69, 9.17) is 4.74 Å². The van der Waals surface area contributed by atoms with E-state index in [0.717, 1.165) is 24.0 Å². The van der Waals surface area contributed by atoms with E-state index >= 15 is 0 Å². The summed E-state index contributed by atoms with van der Waals surface area (Å²) in [4.78, 5) is 16.7. The topological polar surface area (TPSA) is 51.2 Å². The molecule has 1 saturated heterocycles. The maximum atomic E-state index is 12.4. The number of ether oxygens (including phenoxy) is 1. The molecule has 0 radical (unpaired) electrons. The van der Waals surface area contributed by atoms with Crippen LogP contribution < -0.4 is 5.32 Å². The smallest absolute Gasteiger partial charge is 0.167 e. The quantitative estimate of drug-likeness (QED) is 0.851. The lowest BCUT2D eigenvalue weighted by Gasteiger charge is -2.23. The summed E-state index contributed by atoms with van der Waals surface area (Å²) in [5.41, 5.74) is 1.46. The van der Waals surface area contributed by atoms with Gasteiger partial charge in [-0.1, -0.05) is 18.2 Å². The number of rotatable bonds is 3. The molecule has 0 saturated carbocycles. The van der Waals surface area contributed by atoms with Gasteiger partial charge in [0.15, 0.2) is 5.78 Å². The molecule has 1 N–H and O–H groups in total. The lowest BCUT2D eigenvalue weighted by atomic mass is 10.0. The van der Waals surface area contributed by atoms with Gasteiger partial charge < -0.3 is 10.1 Å². The highest BCUT2D eigenvalue weighted by Gasteiger charge is 2.19. The minimum absolute atomic E-state index is 0.0276. The van der Waals surface area contributed by atoms with Crippen LogP contribution in [0.3, 0.4) is 0 Å². The molecule has 98 valence electrons. The van der Waals surface area contributed by atoms with Crippen LogP contribution in [-0.2, 0) is 4.74 Å². The van der Waals surface area contributed by atoms with Gasteiger partial charge in [-0.25, -0.2) is 0 Å². The Morgan fingerprint density at radius 1 is 1.37 bits per heavy atom. The Labute approximate surface area is 111 Å². The molecule has 1 aliphatic rings. The first-order valence-electron chi connectivity index (χ1n) is 6.54. The minimum atomic E-state index is -0.0276. The second-order valence-electron chi connectivity index (χ2n) is 4.70. The van der Waals surface area contributed by atoms with Gasteiger partial charge in [-0.3, -0.25) is 9.78 Å². The Morgan fingerprint density at radius 3 is 3.11 bits per heavy atom. The highest BCUT2D eigenvalue weighted by atomic mass is 16.5. The van der Waals surface area contributed by atoms with Crippen molar-refractivity contribution in [3.8, 4) is 0 Å². The van der Waals surface area contributed by atoms with E-state index in [0.29, 0.717) is 18.6 Å². The first-order valence-corrected chi connectivity index (χ1v) is 6.54. The summed E-state index contributed by atoms with van der Waals surface area (Å²) in [5, 5.41) is 4.23. The predicted octanol–water partition coefficient (Wildman–Crippen LogP) is 1.80. The zero-order chi connectivity index (χ0) is 13.1. The first-order chi connectivity index (χ1) is 9.34. The average molecular weight is 256 g/mol. The Kier molecular flexibility index (Phi) is 3.53. The number of hydrogen-bond donors (Lipinski definition) is 1. The maximum absolute atomic E-state index is 12.4. The third kappa shape index (κ3) is 2.64. The Morgan fingerprint density at radius 2 is 2.26 bits per heavy atom. The van der Waals surface area contributed by atoms with E-state index in [1.54, 1.807) is 6.20 Å². The molecule has 1 aromatic carbocycles. The number of nitrogens with zero attached hydrogens (tertiary/aromatic N) is 1. The first kappa shape index (κ1) is 12.3. The molecule has 1 atom stereocenters. The number of pyridine rings is 1. The van der Waals surface area contributed by atoms with Gasteiger partial charge in [0, 0.05) is 36.7 Å². The largest absolute Gasteiger partial charge is 0.375 e. The van der Waals surface area contributed by atoms with Crippen molar-refractivity contribution in [1.82, 2.24) is 10.3 Å². The van der Waals surface area contributed by atoms with Crippen LogP contribution in [0.4, 0.5) is 0 Å². The molecule has 19 heavy (non-hydrogen) atoms. The van der Waals surface area contributed by atoms with Crippen molar-refractivity contribution in [2.24, 2.45) is 0 Å². The zero-order valence-electron chi connectivity index (χ0n) is 10.6. The number of fused-ring (bicyclic) bond motifs is 1. The normalized spacial score (nSPS) is 19.5. The van der Waals surface area contributed by atoms with Crippen LogP contribution in [0.2, 0.25) is 0 Å². The molecule has 0 spiro atoms. The summed E-state index contributed by atoms with van der Waals surface area (Å²) < 4.78 is 5.58. The number of morpholine rings is 1. The molecule has 3 rings (SSSR count). The molecular formula is C15H16N2O2. The van der Waals surface area contributed by atoms with Crippen molar-refractivity contribution >= 4 is 16.7 Å². The van der Waals surface area contributed by atoms with Crippen molar-refractivity contribution in [2.75, 3.05) is 19.7 Å². The van der Waals surface area contributed by atoms with Crippen molar-refractivity contribution in [3.05, 3.63) is 42.1 Å². The van der Waals surface area contributed by atoms with E-state index in [2.05, 4.69) is 10.3 Å². The number of Topliss-reactive ketones (excluding diaryl/α,β-unsaturated/α-hetero) is 1. The molecule has 2 heterocycles. The minimum Gasteiger partial charge on any atom is -0.375 e. The summed E-state index contributed by atoms with van der Waals surface area (Å²) in [7, 11) is 0. The van der Waals surface area contributed by atoms with Gasteiger partial charge in [0.05, 0.1) is 18.2 Å². The van der Waals surface area contributed by atoms with E-state index in [-0.39, 0.29) is 11.9 Å². The maximum Gasteiger partial charge on any atom is 0.167 e. The lowest BCUT2D eigenvalue weighted by molar-refractivity contribution is 0.0240. The molecule has 2 aromatic rings. The standard InChI is InChI=1S/C15H16N2O2/c18-14(9-12-10-16-7-8-19-12)13-5-1-3-11-4-2-6-17-15(11)13/h1-6,12,16H,7-10H2. The Bertz CT molecular complexity index is 586. The fraction of sp³-hybridized carbons (Fsp3) is 0.333. The number of carbonyl (C=O) groups excluding carboxylic acids is 1. The van der Waals surface area contributed by atoms with Gasteiger partial charge in [0.25, 0.3) is 0 Å².